The van der Waals surface area contributed by atoms with E-state index in [0.29, 0.717) is 34.4 Å². The summed E-state index contributed by atoms with van der Waals surface area (Å²) in [7, 11) is -0.956. The van der Waals surface area contributed by atoms with Crippen LogP contribution in [0.2, 0.25) is 0 Å². The molecule has 0 radical (unpaired) electrons. The van der Waals surface area contributed by atoms with Gasteiger partial charge in [0, 0.05) is 21.9 Å². The van der Waals surface area contributed by atoms with Crippen molar-refractivity contribution in [1.29, 1.82) is 0 Å². The Hall–Kier alpha value is -2.35. The standard InChI is InChI=1S/C17H19N3O4S/c1-17(2,3)20-15(11-7-25(22)8-12(11)19-20)18-16(21)10-4-5-13-14(6-10)24-9-23-13/h4-6H,7-9H2,1-3H3,(H,18,21)/t25-/m0/s1. The minimum absolute atomic E-state index is 0.163. The van der Waals surface area contributed by atoms with Crippen molar-refractivity contribution in [3.05, 3.63) is 35.0 Å². The molecule has 0 aliphatic carbocycles. The van der Waals surface area contributed by atoms with Crippen molar-refractivity contribution >= 4 is 22.5 Å². The van der Waals surface area contributed by atoms with Crippen LogP contribution < -0.4 is 14.8 Å². The Morgan fingerprint density at radius 3 is 2.76 bits per heavy atom. The van der Waals surface area contributed by atoms with E-state index in [-0.39, 0.29) is 18.2 Å². The molecule has 0 unspecified atom stereocenters. The first kappa shape index (κ1) is 16.1. The predicted molar refractivity (Wildman–Crippen MR) is 93.3 cm³/mol. The van der Waals surface area contributed by atoms with E-state index in [1.807, 2.05) is 20.8 Å². The highest BCUT2D eigenvalue weighted by Gasteiger charge is 2.31. The molecule has 0 bridgehead atoms. The molecule has 4 rings (SSSR count). The number of rotatable bonds is 2. The Morgan fingerprint density at radius 1 is 1.24 bits per heavy atom. The lowest BCUT2D eigenvalue weighted by molar-refractivity contribution is 0.102. The molecule has 132 valence electrons. The Labute approximate surface area is 147 Å². The van der Waals surface area contributed by atoms with Gasteiger partial charge < -0.3 is 14.8 Å². The number of nitrogens with one attached hydrogen (secondary N) is 1. The molecule has 0 fully saturated rings. The Balaban J connectivity index is 1.68. The van der Waals surface area contributed by atoms with Gasteiger partial charge in [0.25, 0.3) is 5.91 Å². The summed E-state index contributed by atoms with van der Waals surface area (Å²) in [5, 5.41) is 7.54. The number of carbonyl (C=O) groups is 1. The zero-order valence-electron chi connectivity index (χ0n) is 14.3. The Bertz CT molecular complexity index is 898. The minimum Gasteiger partial charge on any atom is -0.454 e. The average Bonchev–Trinajstić information content (AvgIpc) is 3.21. The molecule has 1 amide bonds. The number of hydrogen-bond donors (Lipinski definition) is 1. The second-order valence-corrected chi connectivity index (χ2v) is 8.56. The third kappa shape index (κ3) is 2.80. The zero-order valence-corrected chi connectivity index (χ0v) is 15.1. The Morgan fingerprint density at radius 2 is 2.00 bits per heavy atom. The van der Waals surface area contributed by atoms with E-state index in [2.05, 4.69) is 10.4 Å². The molecule has 8 heteroatoms. The molecule has 2 aromatic rings. The van der Waals surface area contributed by atoms with Gasteiger partial charge in [0.15, 0.2) is 11.5 Å². The van der Waals surface area contributed by atoms with Crippen molar-refractivity contribution < 1.29 is 18.5 Å². The molecule has 1 aromatic heterocycles. The van der Waals surface area contributed by atoms with E-state index in [1.165, 1.54) is 0 Å². The number of amides is 1. The SMILES string of the molecule is CC(C)(C)n1nc2c(c1NC(=O)c1ccc3c(c1)OCO3)C[S@](=O)C2. The van der Waals surface area contributed by atoms with Crippen LogP contribution in [0.25, 0.3) is 0 Å². The summed E-state index contributed by atoms with van der Waals surface area (Å²) in [6.07, 6.45) is 0. The second-order valence-electron chi connectivity index (χ2n) is 7.11. The zero-order chi connectivity index (χ0) is 17.8. The fourth-order valence-corrected chi connectivity index (χ4v) is 4.22. The molecular weight excluding hydrogens is 342 g/mol. The monoisotopic (exact) mass is 361 g/mol. The van der Waals surface area contributed by atoms with Crippen LogP contribution in [0.15, 0.2) is 18.2 Å². The summed E-state index contributed by atoms with van der Waals surface area (Å²) in [4.78, 5) is 12.7. The first-order chi connectivity index (χ1) is 11.8. The van der Waals surface area contributed by atoms with E-state index in [0.717, 1.165) is 11.3 Å². The van der Waals surface area contributed by atoms with Crippen LogP contribution in [-0.4, -0.2) is 26.7 Å². The van der Waals surface area contributed by atoms with Crippen LogP contribution in [0.4, 0.5) is 5.82 Å². The average molecular weight is 361 g/mol. The summed E-state index contributed by atoms with van der Waals surface area (Å²) < 4.78 is 24.3. The third-order valence-corrected chi connectivity index (χ3v) is 5.38. The van der Waals surface area contributed by atoms with Crippen molar-refractivity contribution in [2.75, 3.05) is 12.1 Å². The fraction of sp³-hybridized carbons (Fsp3) is 0.412. The normalized spacial score (nSPS) is 18.3. The molecular formula is C17H19N3O4S. The fourth-order valence-electron chi connectivity index (χ4n) is 2.96. The first-order valence-corrected chi connectivity index (χ1v) is 9.49. The summed E-state index contributed by atoms with van der Waals surface area (Å²) in [6.45, 7) is 6.21. The van der Waals surface area contributed by atoms with Gasteiger partial charge in [-0.15, -0.1) is 0 Å². The van der Waals surface area contributed by atoms with Crippen LogP contribution in [0.1, 0.15) is 42.4 Å². The number of hydrogen-bond acceptors (Lipinski definition) is 5. The summed E-state index contributed by atoms with van der Waals surface area (Å²) in [6, 6.07) is 5.07. The molecule has 1 N–H and O–H groups in total. The number of aromatic nitrogens is 2. The quantitative estimate of drug-likeness (QED) is 0.888. The van der Waals surface area contributed by atoms with E-state index >= 15 is 0 Å². The van der Waals surface area contributed by atoms with Gasteiger partial charge in [-0.25, -0.2) is 4.68 Å². The van der Waals surface area contributed by atoms with E-state index in [1.54, 1.807) is 22.9 Å². The van der Waals surface area contributed by atoms with Gasteiger partial charge in [0.1, 0.15) is 5.82 Å². The maximum Gasteiger partial charge on any atom is 0.256 e. The molecule has 7 nitrogen and oxygen atoms in total. The third-order valence-electron chi connectivity index (χ3n) is 4.17. The van der Waals surface area contributed by atoms with Gasteiger partial charge in [0.2, 0.25) is 6.79 Å². The van der Waals surface area contributed by atoms with Crippen molar-refractivity contribution in [2.45, 2.75) is 37.8 Å². The van der Waals surface area contributed by atoms with Crippen molar-refractivity contribution in [3.63, 3.8) is 0 Å². The van der Waals surface area contributed by atoms with Crippen molar-refractivity contribution in [2.24, 2.45) is 0 Å². The second kappa shape index (κ2) is 5.59. The van der Waals surface area contributed by atoms with Gasteiger partial charge >= 0.3 is 0 Å². The highest BCUT2D eigenvalue weighted by Crippen LogP contribution is 2.35. The first-order valence-electron chi connectivity index (χ1n) is 8.00. The van der Waals surface area contributed by atoms with Crippen LogP contribution in [0, 0.1) is 0 Å². The summed E-state index contributed by atoms with van der Waals surface area (Å²) in [5.74, 6) is 2.41. The predicted octanol–water partition coefficient (Wildman–Crippen LogP) is 2.38. The van der Waals surface area contributed by atoms with Gasteiger partial charge in [-0.1, -0.05) is 0 Å². The maximum atomic E-state index is 12.7. The molecule has 2 aliphatic rings. The van der Waals surface area contributed by atoms with Gasteiger partial charge in [-0.05, 0) is 39.0 Å². The molecule has 0 saturated heterocycles. The number of carbonyl (C=O) groups excluding carboxylic acids is 1. The number of ether oxygens (including phenoxy) is 2. The van der Waals surface area contributed by atoms with Gasteiger partial charge in [-0.3, -0.25) is 9.00 Å². The summed E-state index contributed by atoms with van der Waals surface area (Å²) >= 11 is 0. The van der Waals surface area contributed by atoms with E-state index in [4.69, 9.17) is 9.47 Å². The van der Waals surface area contributed by atoms with E-state index < -0.39 is 10.8 Å². The topological polar surface area (TPSA) is 82.5 Å². The highest BCUT2D eigenvalue weighted by molar-refractivity contribution is 7.83. The smallest absolute Gasteiger partial charge is 0.256 e. The van der Waals surface area contributed by atoms with Crippen LogP contribution >= 0.6 is 0 Å². The molecule has 25 heavy (non-hydrogen) atoms. The van der Waals surface area contributed by atoms with Gasteiger partial charge in [0.05, 0.1) is 22.7 Å². The van der Waals surface area contributed by atoms with E-state index in [9.17, 15) is 9.00 Å². The number of benzene rings is 1. The molecule has 3 heterocycles. The highest BCUT2D eigenvalue weighted by atomic mass is 32.2. The maximum absolute atomic E-state index is 12.7. The Kier molecular flexibility index (Phi) is 3.61. The largest absolute Gasteiger partial charge is 0.454 e. The van der Waals surface area contributed by atoms with Crippen LogP contribution in [-0.2, 0) is 27.8 Å². The van der Waals surface area contributed by atoms with Crippen molar-refractivity contribution in [3.8, 4) is 11.5 Å². The molecule has 1 atom stereocenters. The number of anilines is 1. The lowest BCUT2D eigenvalue weighted by atomic mass is 10.1. The van der Waals surface area contributed by atoms with Gasteiger partial charge in [-0.2, -0.15) is 5.10 Å². The molecule has 1 aromatic carbocycles. The van der Waals surface area contributed by atoms with Crippen molar-refractivity contribution in [1.82, 2.24) is 9.78 Å². The van der Waals surface area contributed by atoms with Crippen LogP contribution in [0.5, 0.6) is 11.5 Å². The molecule has 2 aliphatic heterocycles. The lowest BCUT2D eigenvalue weighted by Gasteiger charge is -2.23. The number of fused-ring (bicyclic) bond motifs is 2. The minimum atomic E-state index is -0.956. The lowest BCUT2D eigenvalue weighted by Crippen LogP contribution is -2.27. The summed E-state index contributed by atoms with van der Waals surface area (Å²) in [5.41, 5.74) is 1.83. The molecule has 0 saturated carbocycles. The number of nitrogens with zero attached hydrogens (tertiary/aromatic N) is 2. The molecule has 0 spiro atoms. The van der Waals surface area contributed by atoms with Crippen LogP contribution in [0.3, 0.4) is 0 Å².